The zero-order valence-corrected chi connectivity index (χ0v) is 16.7. The molecule has 1 saturated carbocycles. The molecule has 144 valence electrons. The van der Waals surface area contributed by atoms with E-state index in [0.717, 1.165) is 30.6 Å². The summed E-state index contributed by atoms with van der Waals surface area (Å²) in [4.78, 5) is 11.9. The molecule has 0 amide bonds. The minimum atomic E-state index is -3.41. The minimum Gasteiger partial charge on any atom is -0.496 e. The first kappa shape index (κ1) is 19.4. The number of carbonyl (C=O) groups excluding carboxylic acids is 1. The number of benzene rings is 2. The van der Waals surface area contributed by atoms with Gasteiger partial charge >= 0.3 is 0 Å². The Balaban J connectivity index is 1.95. The Morgan fingerprint density at radius 2 is 1.89 bits per heavy atom. The zero-order valence-electron chi connectivity index (χ0n) is 15.9. The maximum absolute atomic E-state index is 12.2. The summed E-state index contributed by atoms with van der Waals surface area (Å²) in [6.45, 7) is 2.05. The van der Waals surface area contributed by atoms with Gasteiger partial charge in [0, 0.05) is 29.3 Å². The lowest BCUT2D eigenvalue weighted by molar-refractivity contribution is 0.101. The van der Waals surface area contributed by atoms with E-state index in [1.807, 2.05) is 18.2 Å². The number of Topliss-reactive ketones (excluding diaryl/α,β-unsaturated/α-hetero) is 1. The summed E-state index contributed by atoms with van der Waals surface area (Å²) in [6, 6.07) is 12.7. The van der Waals surface area contributed by atoms with E-state index < -0.39 is 9.84 Å². The maximum Gasteiger partial charge on any atom is 0.177 e. The van der Waals surface area contributed by atoms with Gasteiger partial charge in [-0.15, -0.1) is 0 Å². The number of para-hydroxylation sites is 1. The number of methoxy groups -OCH3 is 1. The minimum absolute atomic E-state index is 0.0961. The molecule has 0 saturated heterocycles. The van der Waals surface area contributed by atoms with E-state index in [-0.39, 0.29) is 16.1 Å². The van der Waals surface area contributed by atoms with E-state index in [9.17, 15) is 13.2 Å². The van der Waals surface area contributed by atoms with Gasteiger partial charge in [0.15, 0.2) is 15.6 Å². The zero-order chi connectivity index (χ0) is 19.7. The molecule has 0 radical (unpaired) electrons. The lowest BCUT2D eigenvalue weighted by atomic mass is 9.64. The average Bonchev–Trinajstić information content (AvgIpc) is 2.60. The number of hydrogen-bond acceptors (Lipinski definition) is 5. The second-order valence-corrected chi connectivity index (χ2v) is 9.21. The highest BCUT2D eigenvalue weighted by atomic mass is 32.2. The van der Waals surface area contributed by atoms with Gasteiger partial charge in [-0.2, -0.15) is 0 Å². The van der Waals surface area contributed by atoms with E-state index in [4.69, 9.17) is 4.74 Å². The Morgan fingerprint density at radius 3 is 2.44 bits per heavy atom. The van der Waals surface area contributed by atoms with Gasteiger partial charge in [0.05, 0.1) is 17.7 Å². The van der Waals surface area contributed by atoms with Crippen LogP contribution in [0.1, 0.15) is 42.1 Å². The molecule has 3 rings (SSSR count). The quantitative estimate of drug-likeness (QED) is 0.731. The third-order valence-electron chi connectivity index (χ3n) is 5.39. The highest BCUT2D eigenvalue weighted by Gasteiger charge is 2.40. The van der Waals surface area contributed by atoms with Crippen molar-refractivity contribution in [2.75, 3.05) is 25.2 Å². The Labute approximate surface area is 160 Å². The van der Waals surface area contributed by atoms with Crippen LogP contribution in [0, 0.1) is 0 Å². The predicted octanol–water partition coefficient (Wildman–Crippen LogP) is 3.84. The molecule has 0 unspecified atom stereocenters. The van der Waals surface area contributed by atoms with Gasteiger partial charge in [-0.1, -0.05) is 24.6 Å². The number of nitrogens with one attached hydrogen (secondary N) is 1. The van der Waals surface area contributed by atoms with Crippen LogP contribution in [0.2, 0.25) is 0 Å². The van der Waals surface area contributed by atoms with Crippen molar-refractivity contribution in [3.63, 3.8) is 0 Å². The number of hydrogen-bond donors (Lipinski definition) is 1. The van der Waals surface area contributed by atoms with Gasteiger partial charge < -0.3 is 10.1 Å². The van der Waals surface area contributed by atoms with Crippen LogP contribution >= 0.6 is 0 Å². The molecule has 1 fully saturated rings. The first-order valence-corrected chi connectivity index (χ1v) is 10.9. The van der Waals surface area contributed by atoms with Crippen LogP contribution in [0.3, 0.4) is 0 Å². The number of rotatable bonds is 7. The molecule has 1 aliphatic carbocycles. The molecule has 27 heavy (non-hydrogen) atoms. The lowest BCUT2D eigenvalue weighted by Gasteiger charge is -2.43. The second kappa shape index (κ2) is 7.35. The van der Waals surface area contributed by atoms with Crippen molar-refractivity contribution in [3.8, 4) is 5.75 Å². The van der Waals surface area contributed by atoms with Gasteiger partial charge in [0.2, 0.25) is 0 Å². The average molecular weight is 388 g/mol. The first-order chi connectivity index (χ1) is 12.8. The number of ether oxygens (including phenoxy) is 1. The van der Waals surface area contributed by atoms with E-state index in [0.29, 0.717) is 17.8 Å². The van der Waals surface area contributed by atoms with Crippen LogP contribution in [0.5, 0.6) is 5.75 Å². The Morgan fingerprint density at radius 1 is 1.19 bits per heavy atom. The SMILES string of the molecule is COc1ccccc1C1(CNc2cc(C(C)=O)ccc2S(C)(=O)=O)CCC1. The van der Waals surface area contributed by atoms with Crippen LogP contribution in [-0.4, -0.2) is 34.1 Å². The highest BCUT2D eigenvalue weighted by Crippen LogP contribution is 2.47. The largest absolute Gasteiger partial charge is 0.496 e. The molecule has 1 aliphatic rings. The topological polar surface area (TPSA) is 72.5 Å². The standard InChI is InChI=1S/C21H25NO4S/c1-15(23)16-9-10-20(27(3,24)25)18(13-16)22-14-21(11-6-12-21)17-7-4-5-8-19(17)26-2/h4-5,7-10,13,22H,6,11-12,14H2,1-3H3. The lowest BCUT2D eigenvalue weighted by Crippen LogP contribution is -2.41. The molecule has 0 aromatic heterocycles. The van der Waals surface area contributed by atoms with Crippen molar-refractivity contribution in [1.29, 1.82) is 0 Å². The molecular weight excluding hydrogens is 362 g/mol. The third-order valence-corrected chi connectivity index (χ3v) is 6.55. The van der Waals surface area contributed by atoms with Crippen molar-refractivity contribution in [2.24, 2.45) is 0 Å². The van der Waals surface area contributed by atoms with E-state index in [1.165, 1.54) is 19.2 Å². The number of carbonyl (C=O) groups is 1. The van der Waals surface area contributed by atoms with Gasteiger partial charge in [0.25, 0.3) is 0 Å². The van der Waals surface area contributed by atoms with Gasteiger partial charge in [-0.05, 0) is 44.0 Å². The fourth-order valence-corrected chi connectivity index (χ4v) is 4.55. The fourth-order valence-electron chi connectivity index (χ4n) is 3.70. The summed E-state index contributed by atoms with van der Waals surface area (Å²) >= 11 is 0. The third kappa shape index (κ3) is 3.86. The smallest absolute Gasteiger partial charge is 0.177 e. The molecule has 0 heterocycles. The first-order valence-electron chi connectivity index (χ1n) is 8.99. The molecule has 0 spiro atoms. The molecule has 5 nitrogen and oxygen atoms in total. The van der Waals surface area contributed by atoms with Gasteiger partial charge in [-0.25, -0.2) is 8.42 Å². The summed E-state index contributed by atoms with van der Waals surface area (Å²) in [6.07, 6.45) is 4.30. The Bertz CT molecular complexity index is 962. The molecule has 2 aromatic carbocycles. The predicted molar refractivity (Wildman–Crippen MR) is 107 cm³/mol. The van der Waals surface area contributed by atoms with Crippen molar-refractivity contribution in [1.82, 2.24) is 0 Å². The molecule has 0 aliphatic heterocycles. The summed E-state index contributed by atoms with van der Waals surface area (Å²) in [5.41, 5.74) is 2.00. The highest BCUT2D eigenvalue weighted by molar-refractivity contribution is 7.90. The van der Waals surface area contributed by atoms with Crippen LogP contribution in [0.4, 0.5) is 5.69 Å². The molecule has 1 N–H and O–H groups in total. The van der Waals surface area contributed by atoms with E-state index >= 15 is 0 Å². The van der Waals surface area contributed by atoms with Crippen LogP contribution in [0.15, 0.2) is 47.4 Å². The van der Waals surface area contributed by atoms with Crippen LogP contribution < -0.4 is 10.1 Å². The van der Waals surface area contributed by atoms with Crippen molar-refractivity contribution in [3.05, 3.63) is 53.6 Å². The summed E-state index contributed by atoms with van der Waals surface area (Å²) in [5, 5.41) is 3.32. The van der Waals surface area contributed by atoms with Crippen LogP contribution in [-0.2, 0) is 15.3 Å². The molecular formula is C21H25NO4S. The summed E-state index contributed by atoms with van der Waals surface area (Å²) in [7, 11) is -1.74. The monoisotopic (exact) mass is 387 g/mol. The number of sulfone groups is 1. The summed E-state index contributed by atoms with van der Waals surface area (Å²) < 4.78 is 29.9. The molecule has 2 aromatic rings. The molecule has 0 atom stereocenters. The van der Waals surface area contributed by atoms with E-state index in [2.05, 4.69) is 11.4 Å². The van der Waals surface area contributed by atoms with Crippen molar-refractivity contribution >= 4 is 21.3 Å². The molecule has 0 bridgehead atoms. The van der Waals surface area contributed by atoms with Gasteiger partial charge in [-0.3, -0.25) is 4.79 Å². The Hall–Kier alpha value is -2.34. The maximum atomic E-state index is 12.2. The number of ketones is 1. The Kier molecular flexibility index (Phi) is 5.29. The fraction of sp³-hybridized carbons (Fsp3) is 0.381. The van der Waals surface area contributed by atoms with Crippen molar-refractivity contribution < 1.29 is 17.9 Å². The van der Waals surface area contributed by atoms with E-state index in [1.54, 1.807) is 19.2 Å². The van der Waals surface area contributed by atoms with Crippen LogP contribution in [0.25, 0.3) is 0 Å². The van der Waals surface area contributed by atoms with Gasteiger partial charge in [0.1, 0.15) is 5.75 Å². The molecule has 6 heteroatoms. The summed E-state index contributed by atoms with van der Waals surface area (Å²) in [5.74, 6) is 0.751. The second-order valence-electron chi connectivity index (χ2n) is 7.23. The normalized spacial score (nSPS) is 15.7. The van der Waals surface area contributed by atoms with Crippen molar-refractivity contribution in [2.45, 2.75) is 36.5 Å². The number of anilines is 1.